The molecule has 4 fully saturated rings. The van der Waals surface area contributed by atoms with Crippen molar-refractivity contribution in [3.8, 4) is 0 Å². The molecule has 29 heteroatoms. The summed E-state index contributed by atoms with van der Waals surface area (Å²) in [6, 6.07) is -0.971. The molecule has 2 aliphatic carbocycles. The number of nitrogens with one attached hydrogen (secondary N) is 4. The molecular weight excluding hydrogens is 1000 g/mol. The Morgan fingerprint density at radius 3 is 1.60 bits per heavy atom. The van der Waals surface area contributed by atoms with Gasteiger partial charge in [0.05, 0.1) is 74.4 Å². The Morgan fingerprint density at radius 1 is 0.577 bits per heavy atom. The topological polar surface area (TPSA) is 337 Å². The molecule has 8 N–H and O–H groups in total. The van der Waals surface area contributed by atoms with E-state index in [1.807, 2.05) is 51.8 Å². The molecule has 6 atom stereocenters. The molecule has 0 unspecified atom stereocenters. The second kappa shape index (κ2) is 21.9. The highest BCUT2D eigenvalue weighted by atomic mass is 16.3. The predicted molar refractivity (Wildman–Crippen MR) is 282 cm³/mol. The molecule has 8 aromatic rings. The summed E-state index contributed by atoms with van der Waals surface area (Å²) in [7, 11) is 3.88. The van der Waals surface area contributed by atoms with E-state index >= 15 is 0 Å². The van der Waals surface area contributed by atoms with E-state index in [9.17, 15) is 25.2 Å². The first-order valence-electron chi connectivity index (χ1n) is 26.9. The highest BCUT2D eigenvalue weighted by Gasteiger charge is 2.45. The van der Waals surface area contributed by atoms with Crippen molar-refractivity contribution in [3.05, 3.63) is 72.9 Å². The minimum atomic E-state index is -1.18. The van der Waals surface area contributed by atoms with Crippen molar-refractivity contribution in [2.75, 3.05) is 60.5 Å². The zero-order valence-electron chi connectivity index (χ0n) is 43.6. The largest absolute Gasteiger partial charge is 0.390 e. The van der Waals surface area contributed by atoms with E-state index in [0.29, 0.717) is 117 Å². The Labute approximate surface area is 447 Å². The van der Waals surface area contributed by atoms with Gasteiger partial charge in [0.2, 0.25) is 11.9 Å². The number of rotatable bonds is 18. The summed E-state index contributed by atoms with van der Waals surface area (Å²) >= 11 is 0. The summed E-state index contributed by atoms with van der Waals surface area (Å²) < 4.78 is 7.76. The number of fused-ring (bicyclic) bond motifs is 2. The lowest BCUT2D eigenvalue weighted by Gasteiger charge is -2.39. The van der Waals surface area contributed by atoms with Crippen LogP contribution in [-0.2, 0) is 40.2 Å². The quantitative estimate of drug-likeness (QED) is 0.0601. The zero-order chi connectivity index (χ0) is 53.4. The third-order valence-corrected chi connectivity index (χ3v) is 15.7. The van der Waals surface area contributed by atoms with Gasteiger partial charge in [-0.2, -0.15) is 49.9 Å². The van der Waals surface area contributed by atoms with Gasteiger partial charge >= 0.3 is 6.03 Å². The number of urea groups is 1. The Morgan fingerprint density at radius 2 is 1.08 bits per heavy atom. The number of aliphatic hydroxyl groups excluding tert-OH is 4. The molecule has 0 spiro atoms. The van der Waals surface area contributed by atoms with Crippen LogP contribution in [0.1, 0.15) is 98.3 Å². The highest BCUT2D eigenvalue weighted by molar-refractivity contribution is 5.85. The van der Waals surface area contributed by atoms with Crippen molar-refractivity contribution in [3.63, 3.8) is 0 Å². The monoisotopic (exact) mass is 1070 g/mol. The highest BCUT2D eigenvalue weighted by Crippen LogP contribution is 2.41. The molecule has 0 radical (unpaired) electrons. The summed E-state index contributed by atoms with van der Waals surface area (Å²) in [6.45, 7) is 2.95. The molecular formula is C49H66N24O5. The van der Waals surface area contributed by atoms with E-state index in [2.05, 4.69) is 56.2 Å². The number of anilines is 4. The first kappa shape index (κ1) is 50.9. The van der Waals surface area contributed by atoms with Crippen LogP contribution in [0.4, 0.5) is 28.3 Å². The number of likely N-dealkylation sites (tertiary alicyclic amines) is 2. The van der Waals surface area contributed by atoms with E-state index in [-0.39, 0.29) is 49.8 Å². The molecule has 0 aromatic carbocycles. The maximum atomic E-state index is 14.1. The average molecular weight is 1070 g/mol. The summed E-state index contributed by atoms with van der Waals surface area (Å²) in [5.74, 6) is 2.04. The van der Waals surface area contributed by atoms with Crippen LogP contribution in [0.3, 0.4) is 0 Å². The second-order valence-electron chi connectivity index (χ2n) is 21.0. The molecule has 0 bridgehead atoms. The van der Waals surface area contributed by atoms with Crippen LogP contribution in [0, 0.1) is 0 Å². The summed E-state index contributed by atoms with van der Waals surface area (Å²) in [5, 5.41) is 73.3. The van der Waals surface area contributed by atoms with E-state index in [0.717, 1.165) is 49.1 Å². The fraction of sp³-hybridized carbons (Fsp3) is 0.571. The number of hydrogen-bond donors (Lipinski definition) is 8. The first-order valence-corrected chi connectivity index (χ1v) is 26.9. The number of carbonyl (C=O) groups excluding carboxylic acids is 1. The minimum Gasteiger partial charge on any atom is -0.390 e. The third-order valence-electron chi connectivity index (χ3n) is 15.7. The fourth-order valence-corrected chi connectivity index (χ4v) is 11.5. The van der Waals surface area contributed by atoms with Gasteiger partial charge in [0.1, 0.15) is 29.6 Å². The van der Waals surface area contributed by atoms with E-state index in [1.165, 1.54) is 11.0 Å². The number of hydrogen-bond acceptors (Lipinski definition) is 21. The van der Waals surface area contributed by atoms with Crippen LogP contribution in [0.25, 0.3) is 22.3 Å². The first-order chi connectivity index (χ1) is 38.0. The van der Waals surface area contributed by atoms with Gasteiger partial charge in [-0.1, -0.05) is 0 Å². The summed E-state index contributed by atoms with van der Waals surface area (Å²) in [6.07, 6.45) is 18.7. The Bertz CT molecular complexity index is 3350. The molecule has 2 amide bonds. The van der Waals surface area contributed by atoms with Gasteiger partial charge in [0.25, 0.3) is 0 Å². The standard InChI is InChI=1S/C49H66N24O5/c1-66-21-31(52-25-66)5-11-50-47-60-43(39-45(62-47)70(27-54-39)35-3-4-36(17-35)72-56-19-33(23-74)64-72)58-29-7-13-68(14-8-29)49(78)69-15-9-30(10-16-69)59-44-40-46(63-48(61-44)51-12-6-32-22-67(2)26-53-32)71(28-55-40)37-18-38(42(77)41(37)76)73-57-20-34(24-75)65-73/h19-22,25-30,35-38,41-42,74-77H,3-18,23-24H2,1-2H3,(H2,50,58,60,62)(H2,51,59,61,63)/t35-,36+,37+,38-,41-,42+/m0/s1. The maximum Gasteiger partial charge on any atom is 0.320 e. The van der Waals surface area contributed by atoms with Crippen LogP contribution in [0.2, 0.25) is 0 Å². The molecule has 2 saturated carbocycles. The Balaban J connectivity index is 0.691. The van der Waals surface area contributed by atoms with Gasteiger partial charge in [0, 0.05) is 96.7 Å². The molecule has 8 aromatic heterocycles. The molecule has 2 aliphatic heterocycles. The molecule has 4 aliphatic rings. The van der Waals surface area contributed by atoms with Gasteiger partial charge in [-0.15, -0.1) is 0 Å². The normalized spacial score (nSPS) is 22.3. The maximum absolute atomic E-state index is 14.1. The molecule has 2 saturated heterocycles. The van der Waals surface area contributed by atoms with Gasteiger partial charge in [-0.3, -0.25) is 0 Å². The fourth-order valence-electron chi connectivity index (χ4n) is 11.5. The van der Waals surface area contributed by atoms with Gasteiger partial charge in [-0.25, -0.2) is 24.7 Å². The van der Waals surface area contributed by atoms with Crippen molar-refractivity contribution in [1.82, 2.24) is 97.9 Å². The van der Waals surface area contributed by atoms with Crippen LogP contribution in [0.15, 0.2) is 50.1 Å². The van der Waals surface area contributed by atoms with Crippen molar-refractivity contribution >= 4 is 51.9 Å². The number of piperidine rings is 2. The molecule has 78 heavy (non-hydrogen) atoms. The number of aliphatic hydroxyl groups is 4. The number of amides is 2. The number of aromatic nitrogens is 18. The number of aryl methyl sites for hydroxylation is 2. The summed E-state index contributed by atoms with van der Waals surface area (Å²) in [4.78, 5) is 59.4. The van der Waals surface area contributed by atoms with Crippen LogP contribution >= 0.6 is 0 Å². The smallest absolute Gasteiger partial charge is 0.320 e. The Hall–Kier alpha value is -7.89. The molecule has 412 valence electrons. The predicted octanol–water partition coefficient (Wildman–Crippen LogP) is 1.36. The lowest BCUT2D eigenvalue weighted by molar-refractivity contribution is 0.00491. The second-order valence-corrected chi connectivity index (χ2v) is 21.0. The van der Waals surface area contributed by atoms with Gasteiger partial charge in [-0.05, 0) is 51.4 Å². The Kier molecular flexibility index (Phi) is 14.3. The van der Waals surface area contributed by atoms with Crippen LogP contribution < -0.4 is 21.3 Å². The van der Waals surface area contributed by atoms with Gasteiger partial charge in [0.15, 0.2) is 34.0 Å². The third kappa shape index (κ3) is 10.5. The van der Waals surface area contributed by atoms with Crippen molar-refractivity contribution < 1.29 is 25.2 Å². The van der Waals surface area contributed by atoms with E-state index in [4.69, 9.17) is 29.9 Å². The van der Waals surface area contributed by atoms with Crippen molar-refractivity contribution in [2.45, 2.75) is 126 Å². The van der Waals surface area contributed by atoms with Crippen molar-refractivity contribution in [2.24, 2.45) is 14.1 Å². The van der Waals surface area contributed by atoms with Gasteiger partial charge < -0.3 is 69.8 Å². The number of carbonyl (C=O) groups is 1. The van der Waals surface area contributed by atoms with Crippen LogP contribution in [-0.4, -0.2) is 188 Å². The number of imidazole rings is 4. The van der Waals surface area contributed by atoms with E-state index in [1.54, 1.807) is 34.5 Å². The minimum absolute atomic E-state index is 0.0189. The lowest BCUT2D eigenvalue weighted by atomic mass is 10.0. The van der Waals surface area contributed by atoms with Crippen molar-refractivity contribution in [1.29, 1.82) is 0 Å². The molecule has 29 nitrogen and oxygen atoms in total. The van der Waals surface area contributed by atoms with E-state index < -0.39 is 24.3 Å². The van der Waals surface area contributed by atoms with Crippen LogP contribution in [0.5, 0.6) is 0 Å². The average Bonchev–Trinajstić information content (AvgIpc) is 4.35. The lowest BCUT2D eigenvalue weighted by Crippen LogP contribution is -2.51. The molecule has 12 rings (SSSR count). The number of nitrogens with zero attached hydrogens (tertiary/aromatic N) is 20. The SMILES string of the molecule is Cn1cnc(CCNc2nc(NC3CCN(C(=O)N4CCC(Nc5nc(NCCc6cn(C)cn6)nc6c5ncn6[C@@H]5C[C@H](n6ncc(CO)n6)[C@@H](O)[C@H]5O)CC4)CC3)c3ncn([C@H]4CC[C@@H](n5ncc(CO)n5)C4)c3n2)c1. The zero-order valence-corrected chi connectivity index (χ0v) is 43.6. The molecule has 10 heterocycles. The summed E-state index contributed by atoms with van der Waals surface area (Å²) in [5.41, 5.74) is 5.23.